The molecule has 3 rings (SSSR count). The molecule has 2 aromatic carbocycles. The minimum atomic E-state index is -0.471. The van der Waals surface area contributed by atoms with Crippen LogP contribution in [0.3, 0.4) is 0 Å². The van der Waals surface area contributed by atoms with Crippen molar-refractivity contribution in [1.82, 2.24) is 5.16 Å². The van der Waals surface area contributed by atoms with Gasteiger partial charge in [-0.2, -0.15) is 0 Å². The molecule has 1 aromatic heterocycles. The Bertz CT molecular complexity index is 1030. The van der Waals surface area contributed by atoms with Crippen molar-refractivity contribution in [1.29, 1.82) is 0 Å². The molecule has 0 saturated carbocycles. The highest BCUT2D eigenvalue weighted by Crippen LogP contribution is 2.20. The molecular weight excluding hydrogens is 396 g/mol. The van der Waals surface area contributed by atoms with Crippen LogP contribution in [0.4, 0.5) is 5.69 Å². The number of hydrogen-bond donors (Lipinski definition) is 1. The zero-order valence-electron chi connectivity index (χ0n) is 18.2. The monoisotopic (exact) mass is 422 g/mol. The number of para-hydroxylation sites is 1. The number of nitrogens with zero attached hydrogens (tertiary/aromatic N) is 1. The quantitative estimate of drug-likeness (QED) is 0.547. The van der Waals surface area contributed by atoms with Crippen molar-refractivity contribution < 1.29 is 23.6 Å². The van der Waals surface area contributed by atoms with E-state index < -0.39 is 5.97 Å². The van der Waals surface area contributed by atoms with Gasteiger partial charge in [0.1, 0.15) is 18.1 Å². The lowest BCUT2D eigenvalue weighted by molar-refractivity contribution is -0.146. The Labute approximate surface area is 181 Å². The van der Waals surface area contributed by atoms with Gasteiger partial charge < -0.3 is 19.3 Å². The van der Waals surface area contributed by atoms with Crippen molar-refractivity contribution in [2.24, 2.45) is 0 Å². The van der Waals surface area contributed by atoms with Crippen LogP contribution < -0.4 is 10.1 Å². The fourth-order valence-electron chi connectivity index (χ4n) is 3.12. The Kier molecular flexibility index (Phi) is 7.07. The van der Waals surface area contributed by atoms with Crippen LogP contribution in [0.5, 0.6) is 5.75 Å². The number of rotatable bonds is 8. The topological polar surface area (TPSA) is 90.7 Å². The van der Waals surface area contributed by atoms with Crippen LogP contribution in [0, 0.1) is 27.7 Å². The molecule has 0 saturated heterocycles. The number of esters is 1. The largest absolute Gasteiger partial charge is 0.489 e. The molecule has 0 atom stereocenters. The van der Waals surface area contributed by atoms with Crippen LogP contribution in [-0.2, 0) is 27.4 Å². The van der Waals surface area contributed by atoms with E-state index in [9.17, 15) is 9.59 Å². The fraction of sp³-hybridized carbons (Fsp3) is 0.292. The van der Waals surface area contributed by atoms with Crippen molar-refractivity contribution in [3.05, 3.63) is 76.2 Å². The van der Waals surface area contributed by atoms with E-state index in [-0.39, 0.29) is 18.9 Å². The summed E-state index contributed by atoms with van der Waals surface area (Å²) in [6, 6.07) is 12.9. The molecule has 3 aromatic rings. The first-order chi connectivity index (χ1) is 14.8. The van der Waals surface area contributed by atoms with Gasteiger partial charge in [-0.3, -0.25) is 9.59 Å². The van der Waals surface area contributed by atoms with Gasteiger partial charge in [0.25, 0.3) is 5.91 Å². The summed E-state index contributed by atoms with van der Waals surface area (Å²) >= 11 is 0. The van der Waals surface area contributed by atoms with Gasteiger partial charge in [-0.25, -0.2) is 0 Å². The van der Waals surface area contributed by atoms with Crippen LogP contribution in [-0.4, -0.2) is 23.6 Å². The normalized spacial score (nSPS) is 10.6. The number of aryl methyl sites for hydroxylation is 4. The van der Waals surface area contributed by atoms with Crippen molar-refractivity contribution in [3.8, 4) is 5.75 Å². The summed E-state index contributed by atoms with van der Waals surface area (Å²) < 4.78 is 16.0. The number of benzene rings is 2. The number of amides is 1. The minimum absolute atomic E-state index is 0.0703. The second kappa shape index (κ2) is 9.93. The van der Waals surface area contributed by atoms with Crippen molar-refractivity contribution >= 4 is 17.6 Å². The van der Waals surface area contributed by atoms with Crippen LogP contribution >= 0.6 is 0 Å². The van der Waals surface area contributed by atoms with Gasteiger partial charge in [-0.1, -0.05) is 35.5 Å². The van der Waals surface area contributed by atoms with E-state index in [1.807, 2.05) is 45.9 Å². The van der Waals surface area contributed by atoms with Crippen LogP contribution in [0.2, 0.25) is 0 Å². The molecule has 0 unspecified atom stereocenters. The molecule has 0 spiro atoms. The highest BCUT2D eigenvalue weighted by molar-refractivity contribution is 5.94. The number of aromatic nitrogens is 1. The molecule has 162 valence electrons. The Balaban J connectivity index is 1.45. The second-order valence-electron chi connectivity index (χ2n) is 7.39. The molecule has 0 radical (unpaired) electrons. The number of hydrogen-bond acceptors (Lipinski definition) is 6. The molecule has 7 nitrogen and oxygen atoms in total. The van der Waals surface area contributed by atoms with Crippen LogP contribution in [0.1, 0.15) is 33.7 Å². The first-order valence-corrected chi connectivity index (χ1v) is 9.98. The van der Waals surface area contributed by atoms with Crippen LogP contribution in [0.15, 0.2) is 47.0 Å². The zero-order chi connectivity index (χ0) is 22.4. The molecule has 0 bridgehead atoms. The lowest BCUT2D eigenvalue weighted by Crippen LogP contribution is -2.22. The van der Waals surface area contributed by atoms with E-state index in [0.717, 1.165) is 39.4 Å². The summed E-state index contributed by atoms with van der Waals surface area (Å²) in [7, 11) is 0. The molecule has 1 N–H and O–H groups in total. The minimum Gasteiger partial charge on any atom is -0.489 e. The van der Waals surface area contributed by atoms with E-state index in [1.165, 1.54) is 0 Å². The highest BCUT2D eigenvalue weighted by Gasteiger charge is 2.12. The van der Waals surface area contributed by atoms with Gasteiger partial charge in [-0.15, -0.1) is 0 Å². The number of nitrogens with one attached hydrogen (secondary N) is 1. The lowest BCUT2D eigenvalue weighted by atomic mass is 10.1. The van der Waals surface area contributed by atoms with Crippen LogP contribution in [0.25, 0.3) is 0 Å². The van der Waals surface area contributed by atoms with Gasteiger partial charge in [0, 0.05) is 5.69 Å². The van der Waals surface area contributed by atoms with E-state index in [1.54, 1.807) is 24.3 Å². The third kappa shape index (κ3) is 5.94. The maximum absolute atomic E-state index is 12.1. The molecule has 31 heavy (non-hydrogen) atoms. The van der Waals surface area contributed by atoms with E-state index in [4.69, 9.17) is 14.0 Å². The summed E-state index contributed by atoms with van der Waals surface area (Å²) in [5.41, 5.74) is 5.15. The summed E-state index contributed by atoms with van der Waals surface area (Å²) in [4.78, 5) is 24.2. The maximum Gasteiger partial charge on any atom is 0.310 e. The molecular formula is C24H26N2O5. The Morgan fingerprint density at radius 3 is 2.29 bits per heavy atom. The van der Waals surface area contributed by atoms with E-state index in [0.29, 0.717) is 12.4 Å². The first-order valence-electron chi connectivity index (χ1n) is 9.98. The van der Waals surface area contributed by atoms with Gasteiger partial charge in [0.05, 0.1) is 17.7 Å². The zero-order valence-corrected chi connectivity index (χ0v) is 18.2. The summed E-state index contributed by atoms with van der Waals surface area (Å²) in [5.74, 6) is 0.568. The second-order valence-corrected chi connectivity index (χ2v) is 7.39. The van der Waals surface area contributed by atoms with Gasteiger partial charge in [-0.05, 0) is 56.5 Å². The van der Waals surface area contributed by atoms with Crippen molar-refractivity contribution in [3.63, 3.8) is 0 Å². The first kappa shape index (κ1) is 22.1. The number of ether oxygens (including phenoxy) is 2. The van der Waals surface area contributed by atoms with E-state index >= 15 is 0 Å². The summed E-state index contributed by atoms with van der Waals surface area (Å²) in [5, 5.41) is 6.70. The number of anilines is 1. The molecule has 0 aliphatic rings. The molecule has 0 fully saturated rings. The Morgan fingerprint density at radius 1 is 1.00 bits per heavy atom. The summed E-state index contributed by atoms with van der Waals surface area (Å²) in [6.07, 6.45) is 0.0703. The highest BCUT2D eigenvalue weighted by atomic mass is 16.5. The third-order valence-electron chi connectivity index (χ3n) is 4.95. The Hall–Kier alpha value is -3.61. The van der Waals surface area contributed by atoms with Gasteiger partial charge in [0.2, 0.25) is 0 Å². The lowest BCUT2D eigenvalue weighted by Gasteiger charge is -2.11. The predicted molar refractivity (Wildman–Crippen MR) is 116 cm³/mol. The molecule has 7 heteroatoms. The molecule has 0 aliphatic carbocycles. The van der Waals surface area contributed by atoms with Gasteiger partial charge >= 0.3 is 5.97 Å². The molecule has 1 amide bonds. The summed E-state index contributed by atoms with van der Waals surface area (Å²) in [6.45, 7) is 7.57. The standard InChI is InChI=1S/C24H26N2O5/c1-15-6-5-7-16(2)24(15)25-22(27)14-30-23(28)12-19-8-10-20(11-9-19)29-13-21-17(3)26-31-18(21)4/h5-11H,12-14H2,1-4H3,(H,25,27). The SMILES string of the molecule is Cc1cccc(C)c1NC(=O)COC(=O)Cc1ccc(OCc2c(C)noc2C)cc1. The van der Waals surface area contributed by atoms with E-state index in [2.05, 4.69) is 10.5 Å². The smallest absolute Gasteiger partial charge is 0.310 e. The number of carbonyl (C=O) groups excluding carboxylic acids is 2. The predicted octanol–water partition coefficient (Wildman–Crippen LogP) is 4.21. The average molecular weight is 422 g/mol. The fourth-order valence-corrected chi connectivity index (χ4v) is 3.12. The van der Waals surface area contributed by atoms with Crippen molar-refractivity contribution in [2.75, 3.05) is 11.9 Å². The average Bonchev–Trinajstić information content (AvgIpc) is 3.06. The Morgan fingerprint density at radius 2 is 1.68 bits per heavy atom. The maximum atomic E-state index is 12.1. The van der Waals surface area contributed by atoms with Crippen molar-refractivity contribution in [2.45, 2.75) is 40.7 Å². The molecule has 1 heterocycles. The third-order valence-corrected chi connectivity index (χ3v) is 4.95. The molecule has 0 aliphatic heterocycles. The number of carbonyl (C=O) groups is 2. The van der Waals surface area contributed by atoms with Gasteiger partial charge in [0.15, 0.2) is 6.61 Å².